The summed E-state index contributed by atoms with van der Waals surface area (Å²) in [7, 11) is 0. The monoisotopic (exact) mass is 291 g/mol. The van der Waals surface area contributed by atoms with Crippen LogP contribution >= 0.6 is 0 Å². The minimum atomic E-state index is 0.301. The summed E-state index contributed by atoms with van der Waals surface area (Å²) in [5.74, 6) is 1.81. The van der Waals surface area contributed by atoms with E-state index in [4.69, 9.17) is 10.3 Å². The summed E-state index contributed by atoms with van der Waals surface area (Å²) in [5, 5.41) is 4.19. The van der Waals surface area contributed by atoms with E-state index in [1.54, 1.807) is 0 Å². The highest BCUT2D eigenvalue weighted by Crippen LogP contribution is 2.37. The first-order valence-corrected chi connectivity index (χ1v) is 8.11. The lowest BCUT2D eigenvalue weighted by atomic mass is 9.83. The van der Waals surface area contributed by atoms with Crippen molar-refractivity contribution in [3.8, 4) is 0 Å². The molecule has 1 saturated heterocycles. The molecule has 5 nitrogen and oxygen atoms in total. The van der Waals surface area contributed by atoms with E-state index in [1.165, 1.54) is 6.42 Å². The van der Waals surface area contributed by atoms with E-state index >= 15 is 0 Å². The highest BCUT2D eigenvalue weighted by molar-refractivity contribution is 5.79. The highest BCUT2D eigenvalue weighted by atomic mass is 16.5. The van der Waals surface area contributed by atoms with Crippen molar-refractivity contribution in [3.05, 3.63) is 11.3 Å². The maximum atomic E-state index is 12.3. The average molecular weight is 291 g/mol. The number of amides is 1. The largest absolute Gasteiger partial charge is 0.367 e. The smallest absolute Gasteiger partial charge is 0.225 e. The molecule has 2 N–H and O–H groups in total. The Morgan fingerprint density at radius 3 is 2.48 bits per heavy atom. The number of piperidine rings is 1. The van der Waals surface area contributed by atoms with Crippen molar-refractivity contribution in [2.75, 3.05) is 18.8 Å². The SMILES string of the molecule is CC(C)c1c(C2CCN(C(=O)C3CCC3)CC2)noc1N. The van der Waals surface area contributed by atoms with Gasteiger partial charge < -0.3 is 15.2 Å². The van der Waals surface area contributed by atoms with Crippen LogP contribution in [0.4, 0.5) is 5.88 Å². The highest BCUT2D eigenvalue weighted by Gasteiger charge is 2.33. The van der Waals surface area contributed by atoms with Crippen molar-refractivity contribution in [1.82, 2.24) is 10.1 Å². The molecule has 0 radical (unpaired) electrons. The Bertz CT molecular complexity index is 512. The summed E-state index contributed by atoms with van der Waals surface area (Å²) >= 11 is 0. The molecule has 1 aromatic heterocycles. The third kappa shape index (κ3) is 2.65. The molecule has 0 bridgehead atoms. The quantitative estimate of drug-likeness (QED) is 0.929. The maximum Gasteiger partial charge on any atom is 0.225 e. The lowest BCUT2D eigenvalue weighted by Gasteiger charge is -2.36. The minimum Gasteiger partial charge on any atom is -0.367 e. The van der Waals surface area contributed by atoms with Gasteiger partial charge in [-0.1, -0.05) is 25.4 Å². The van der Waals surface area contributed by atoms with Crippen LogP contribution in [0.3, 0.4) is 0 Å². The van der Waals surface area contributed by atoms with Gasteiger partial charge in [-0.3, -0.25) is 4.79 Å². The molecular formula is C16H25N3O2. The predicted molar refractivity (Wildman–Crippen MR) is 80.9 cm³/mol. The molecule has 0 unspecified atom stereocenters. The van der Waals surface area contributed by atoms with Crippen molar-refractivity contribution in [2.24, 2.45) is 5.92 Å². The van der Waals surface area contributed by atoms with E-state index in [2.05, 4.69) is 19.0 Å². The molecule has 1 saturated carbocycles. The van der Waals surface area contributed by atoms with E-state index in [-0.39, 0.29) is 0 Å². The molecule has 0 spiro atoms. The first-order chi connectivity index (χ1) is 10.1. The van der Waals surface area contributed by atoms with Crippen LogP contribution in [-0.2, 0) is 4.79 Å². The molecule has 116 valence electrons. The van der Waals surface area contributed by atoms with E-state index < -0.39 is 0 Å². The van der Waals surface area contributed by atoms with Gasteiger partial charge in [0, 0.05) is 30.5 Å². The van der Waals surface area contributed by atoms with E-state index in [0.717, 1.165) is 50.0 Å². The molecule has 3 rings (SSSR count). The molecule has 2 heterocycles. The van der Waals surface area contributed by atoms with Gasteiger partial charge in [0.15, 0.2) is 0 Å². The zero-order chi connectivity index (χ0) is 15.0. The number of nitrogens with zero attached hydrogens (tertiary/aromatic N) is 2. The van der Waals surface area contributed by atoms with Crippen LogP contribution in [0, 0.1) is 5.92 Å². The number of hydrogen-bond donors (Lipinski definition) is 1. The number of rotatable bonds is 3. The van der Waals surface area contributed by atoms with Crippen molar-refractivity contribution in [2.45, 2.75) is 57.8 Å². The van der Waals surface area contributed by atoms with E-state index in [1.807, 2.05) is 4.90 Å². The van der Waals surface area contributed by atoms with Crippen molar-refractivity contribution < 1.29 is 9.32 Å². The van der Waals surface area contributed by atoms with Crippen LogP contribution in [0.25, 0.3) is 0 Å². The summed E-state index contributed by atoms with van der Waals surface area (Å²) < 4.78 is 5.20. The van der Waals surface area contributed by atoms with Crippen LogP contribution in [0.1, 0.15) is 69.0 Å². The summed E-state index contributed by atoms with van der Waals surface area (Å²) in [5.41, 5.74) is 7.96. The van der Waals surface area contributed by atoms with E-state index in [9.17, 15) is 4.79 Å². The number of hydrogen-bond acceptors (Lipinski definition) is 4. The summed E-state index contributed by atoms with van der Waals surface area (Å²) in [6.45, 7) is 5.90. The second-order valence-electron chi connectivity index (χ2n) is 6.73. The molecule has 21 heavy (non-hydrogen) atoms. The van der Waals surface area contributed by atoms with Crippen LogP contribution in [0.5, 0.6) is 0 Å². The Hall–Kier alpha value is -1.52. The molecule has 0 aromatic carbocycles. The van der Waals surface area contributed by atoms with Crippen LogP contribution in [-0.4, -0.2) is 29.1 Å². The summed E-state index contributed by atoms with van der Waals surface area (Å²) in [4.78, 5) is 14.3. The number of likely N-dealkylation sites (tertiary alicyclic amines) is 1. The van der Waals surface area contributed by atoms with Gasteiger partial charge in [-0.2, -0.15) is 0 Å². The zero-order valence-corrected chi connectivity index (χ0v) is 13.0. The zero-order valence-electron chi connectivity index (χ0n) is 13.0. The van der Waals surface area contributed by atoms with Crippen molar-refractivity contribution >= 4 is 11.8 Å². The Labute approximate surface area is 125 Å². The van der Waals surface area contributed by atoms with Crippen molar-refractivity contribution in [3.63, 3.8) is 0 Å². The van der Waals surface area contributed by atoms with Gasteiger partial charge in [-0.25, -0.2) is 0 Å². The Morgan fingerprint density at radius 2 is 1.95 bits per heavy atom. The molecule has 0 atom stereocenters. The number of carbonyl (C=O) groups is 1. The van der Waals surface area contributed by atoms with Crippen LogP contribution < -0.4 is 5.73 Å². The molecule has 2 fully saturated rings. The topological polar surface area (TPSA) is 72.4 Å². The Morgan fingerprint density at radius 1 is 1.29 bits per heavy atom. The van der Waals surface area contributed by atoms with Crippen LogP contribution in [0.2, 0.25) is 0 Å². The third-order valence-corrected chi connectivity index (χ3v) is 5.01. The van der Waals surface area contributed by atoms with Gasteiger partial charge in [0.2, 0.25) is 11.8 Å². The van der Waals surface area contributed by atoms with Gasteiger partial charge in [0.05, 0.1) is 5.69 Å². The second-order valence-corrected chi connectivity index (χ2v) is 6.73. The normalized spacial score (nSPS) is 20.8. The minimum absolute atomic E-state index is 0.301. The van der Waals surface area contributed by atoms with Gasteiger partial charge in [0.1, 0.15) is 0 Å². The molecule has 2 aliphatic rings. The Kier molecular flexibility index (Phi) is 3.91. The number of carbonyl (C=O) groups excluding carboxylic acids is 1. The standard InChI is InChI=1S/C16H25N3O2/c1-10(2)13-14(18-21-15(13)17)11-6-8-19(9-7-11)16(20)12-4-3-5-12/h10-12H,3-9,17H2,1-2H3. The molecule has 1 aromatic rings. The van der Waals surface area contributed by atoms with Gasteiger partial charge >= 0.3 is 0 Å². The average Bonchev–Trinajstić information content (AvgIpc) is 2.79. The number of anilines is 1. The lowest BCUT2D eigenvalue weighted by Crippen LogP contribution is -2.43. The molecule has 1 aliphatic heterocycles. The summed E-state index contributed by atoms with van der Waals surface area (Å²) in [6, 6.07) is 0. The number of nitrogen functional groups attached to an aromatic ring is 1. The van der Waals surface area contributed by atoms with Gasteiger partial charge in [-0.05, 0) is 31.6 Å². The first-order valence-electron chi connectivity index (χ1n) is 8.11. The van der Waals surface area contributed by atoms with Gasteiger partial charge in [-0.15, -0.1) is 0 Å². The van der Waals surface area contributed by atoms with Crippen LogP contribution in [0.15, 0.2) is 4.52 Å². The fourth-order valence-electron chi connectivity index (χ4n) is 3.48. The summed E-state index contributed by atoms with van der Waals surface area (Å²) in [6.07, 6.45) is 5.29. The fraction of sp³-hybridized carbons (Fsp3) is 0.750. The number of aromatic nitrogens is 1. The fourth-order valence-corrected chi connectivity index (χ4v) is 3.48. The molecule has 5 heteroatoms. The molecular weight excluding hydrogens is 266 g/mol. The number of nitrogens with two attached hydrogens (primary N) is 1. The lowest BCUT2D eigenvalue weighted by molar-refractivity contribution is -0.139. The van der Waals surface area contributed by atoms with Gasteiger partial charge in [0.25, 0.3) is 0 Å². The molecule has 1 aliphatic carbocycles. The van der Waals surface area contributed by atoms with Crippen molar-refractivity contribution in [1.29, 1.82) is 0 Å². The maximum absolute atomic E-state index is 12.3. The Balaban J connectivity index is 1.64. The molecule has 1 amide bonds. The third-order valence-electron chi connectivity index (χ3n) is 5.01. The second kappa shape index (κ2) is 5.70. The predicted octanol–water partition coefficient (Wildman–Crippen LogP) is 2.89. The first kappa shape index (κ1) is 14.4. The van der Waals surface area contributed by atoms with E-state index in [0.29, 0.717) is 29.5 Å².